The topological polar surface area (TPSA) is 88.8 Å². The molecule has 0 aromatic carbocycles. The lowest BCUT2D eigenvalue weighted by atomic mass is 10.3. The summed E-state index contributed by atoms with van der Waals surface area (Å²) in [6.07, 6.45) is 1.23. The molecule has 0 saturated carbocycles. The summed E-state index contributed by atoms with van der Waals surface area (Å²) in [5.41, 5.74) is 1.97. The van der Waals surface area contributed by atoms with Gasteiger partial charge in [0.05, 0.1) is 11.8 Å². The number of nitrogens with one attached hydrogen (secondary N) is 1. The molecule has 0 radical (unpaired) electrons. The average molecular weight is 220 g/mol. The highest BCUT2D eigenvalue weighted by Crippen LogP contribution is 2.15. The van der Waals surface area contributed by atoms with Crippen molar-refractivity contribution in [1.82, 2.24) is 5.48 Å². The number of amides is 1. The van der Waals surface area contributed by atoms with Crippen LogP contribution in [0.5, 0.6) is 0 Å². The molecule has 0 aliphatic heterocycles. The summed E-state index contributed by atoms with van der Waals surface area (Å²) < 4.78 is 4.65. The Morgan fingerprint density at radius 2 is 2.36 bits per heavy atom. The van der Waals surface area contributed by atoms with Crippen LogP contribution in [0.4, 0.5) is 0 Å². The molecule has 0 bridgehead atoms. The first-order chi connectivity index (χ1) is 6.61. The fraction of sp³-hybridized carbons (Fsp3) is 0.143. The van der Waals surface area contributed by atoms with Crippen LogP contribution in [-0.2, 0) is 9.63 Å². The molecule has 0 aliphatic rings. The van der Waals surface area contributed by atoms with Gasteiger partial charge in [-0.1, -0.05) is 0 Å². The molecule has 1 aromatic rings. The molecule has 1 aromatic heterocycles. The van der Waals surface area contributed by atoms with E-state index < -0.39 is 18.5 Å². The number of carbonyl (C=O) groups excluding carboxylic acids is 1. The van der Waals surface area contributed by atoms with Gasteiger partial charge in [0.15, 0.2) is 6.61 Å². The van der Waals surface area contributed by atoms with Crippen molar-refractivity contribution in [2.45, 2.75) is 0 Å². The Labute approximate surface area is 83.4 Å². The van der Waals surface area contributed by atoms with Gasteiger partial charge in [-0.05, 0) is 17.7 Å². The molecule has 1 rings (SSSR count). The standard InChI is InChI=1S/C7H6ClNO5/c8-6-4(1-2-13-6)7(12)9-14-3-5(10)11/h1-2H,3H2,(H,9,12)(H,10,11). The van der Waals surface area contributed by atoms with Crippen LogP contribution in [0.3, 0.4) is 0 Å². The van der Waals surface area contributed by atoms with E-state index >= 15 is 0 Å². The first-order valence-electron chi connectivity index (χ1n) is 3.48. The molecule has 0 spiro atoms. The van der Waals surface area contributed by atoms with E-state index in [4.69, 9.17) is 16.7 Å². The average Bonchev–Trinajstić information content (AvgIpc) is 2.50. The number of furan rings is 1. The molecule has 2 N–H and O–H groups in total. The Morgan fingerprint density at radius 3 is 2.86 bits per heavy atom. The summed E-state index contributed by atoms with van der Waals surface area (Å²) >= 11 is 5.48. The van der Waals surface area contributed by atoms with Crippen LogP contribution in [0.1, 0.15) is 10.4 Å². The van der Waals surface area contributed by atoms with Crippen molar-refractivity contribution in [3.63, 3.8) is 0 Å². The van der Waals surface area contributed by atoms with Crippen LogP contribution in [0.25, 0.3) is 0 Å². The van der Waals surface area contributed by atoms with Gasteiger partial charge in [-0.25, -0.2) is 10.3 Å². The molecule has 0 saturated heterocycles. The zero-order valence-electron chi connectivity index (χ0n) is 6.82. The minimum Gasteiger partial charge on any atom is -0.479 e. The fourth-order valence-corrected chi connectivity index (χ4v) is 0.874. The quantitative estimate of drug-likeness (QED) is 0.727. The number of hydroxylamine groups is 1. The summed E-state index contributed by atoms with van der Waals surface area (Å²) in [5.74, 6) is -1.85. The molecule has 7 heteroatoms. The minimum atomic E-state index is -1.19. The van der Waals surface area contributed by atoms with Gasteiger partial charge >= 0.3 is 5.97 Å². The Hall–Kier alpha value is -1.53. The summed E-state index contributed by atoms with van der Waals surface area (Å²) in [7, 11) is 0. The van der Waals surface area contributed by atoms with Crippen LogP contribution in [0.2, 0.25) is 5.22 Å². The molecule has 6 nitrogen and oxygen atoms in total. The molecule has 0 aliphatic carbocycles. The summed E-state index contributed by atoms with van der Waals surface area (Å²) in [5, 5.41) is 8.11. The van der Waals surface area contributed by atoms with E-state index in [1.165, 1.54) is 12.3 Å². The number of halogens is 1. The third kappa shape index (κ3) is 2.75. The van der Waals surface area contributed by atoms with Gasteiger partial charge in [0.25, 0.3) is 5.91 Å². The van der Waals surface area contributed by atoms with Crippen LogP contribution in [0.15, 0.2) is 16.7 Å². The normalized spacial score (nSPS) is 9.79. The van der Waals surface area contributed by atoms with Crippen molar-refractivity contribution in [2.75, 3.05) is 6.61 Å². The number of rotatable bonds is 4. The zero-order valence-corrected chi connectivity index (χ0v) is 7.58. The zero-order chi connectivity index (χ0) is 10.6. The lowest BCUT2D eigenvalue weighted by molar-refractivity contribution is -0.144. The van der Waals surface area contributed by atoms with Crippen LogP contribution in [-0.4, -0.2) is 23.6 Å². The van der Waals surface area contributed by atoms with Gasteiger partial charge in [0.2, 0.25) is 5.22 Å². The number of carboxylic acid groups (broad SMARTS) is 1. The number of hydrogen-bond acceptors (Lipinski definition) is 4. The van der Waals surface area contributed by atoms with Gasteiger partial charge in [-0.3, -0.25) is 9.63 Å². The Bertz CT molecular complexity index is 348. The maximum Gasteiger partial charge on any atom is 0.332 e. The summed E-state index contributed by atoms with van der Waals surface area (Å²) in [4.78, 5) is 25.5. The summed E-state index contributed by atoms with van der Waals surface area (Å²) in [6, 6.07) is 1.34. The Morgan fingerprint density at radius 1 is 1.64 bits per heavy atom. The predicted octanol–water partition coefficient (Wildman–Crippen LogP) is 0.679. The van der Waals surface area contributed by atoms with Crippen molar-refractivity contribution in [3.05, 3.63) is 23.1 Å². The monoisotopic (exact) mass is 219 g/mol. The van der Waals surface area contributed by atoms with E-state index in [0.717, 1.165) is 0 Å². The second-order valence-corrected chi connectivity index (χ2v) is 2.56. The lowest BCUT2D eigenvalue weighted by Gasteiger charge is -2.01. The molecule has 1 heterocycles. The molecular weight excluding hydrogens is 214 g/mol. The van der Waals surface area contributed by atoms with Crippen molar-refractivity contribution in [3.8, 4) is 0 Å². The molecule has 0 unspecified atom stereocenters. The van der Waals surface area contributed by atoms with E-state index in [1.54, 1.807) is 0 Å². The SMILES string of the molecule is O=C(O)CONC(=O)c1ccoc1Cl. The third-order valence-corrected chi connectivity index (χ3v) is 1.52. The van der Waals surface area contributed by atoms with Crippen LogP contribution in [0, 0.1) is 0 Å². The molecule has 0 fully saturated rings. The Kier molecular flexibility index (Phi) is 3.49. The molecule has 14 heavy (non-hydrogen) atoms. The smallest absolute Gasteiger partial charge is 0.332 e. The maximum atomic E-state index is 11.1. The Balaban J connectivity index is 2.44. The fourth-order valence-electron chi connectivity index (χ4n) is 0.674. The highest BCUT2D eigenvalue weighted by atomic mass is 35.5. The first kappa shape index (κ1) is 10.6. The highest BCUT2D eigenvalue weighted by Gasteiger charge is 2.12. The van der Waals surface area contributed by atoms with E-state index in [1.807, 2.05) is 5.48 Å². The molecule has 1 amide bonds. The van der Waals surface area contributed by atoms with E-state index in [0.29, 0.717) is 0 Å². The lowest BCUT2D eigenvalue weighted by Crippen LogP contribution is -2.26. The van der Waals surface area contributed by atoms with E-state index in [-0.39, 0.29) is 10.8 Å². The number of hydrogen-bond donors (Lipinski definition) is 2. The number of carboxylic acids is 1. The van der Waals surface area contributed by atoms with Gasteiger partial charge < -0.3 is 9.52 Å². The van der Waals surface area contributed by atoms with Crippen molar-refractivity contribution < 1.29 is 24.0 Å². The summed E-state index contributed by atoms with van der Waals surface area (Å²) in [6.45, 7) is -0.624. The predicted molar refractivity (Wildman–Crippen MR) is 44.8 cm³/mol. The minimum absolute atomic E-state index is 0.0806. The second kappa shape index (κ2) is 4.64. The van der Waals surface area contributed by atoms with E-state index in [9.17, 15) is 9.59 Å². The van der Waals surface area contributed by atoms with Gasteiger partial charge in [0, 0.05) is 0 Å². The molecular formula is C7H6ClNO5. The largest absolute Gasteiger partial charge is 0.479 e. The van der Waals surface area contributed by atoms with Crippen LogP contribution < -0.4 is 5.48 Å². The third-order valence-electron chi connectivity index (χ3n) is 1.22. The number of carbonyl (C=O) groups is 2. The highest BCUT2D eigenvalue weighted by molar-refractivity contribution is 6.32. The van der Waals surface area contributed by atoms with Gasteiger partial charge in [-0.2, -0.15) is 0 Å². The maximum absolute atomic E-state index is 11.1. The van der Waals surface area contributed by atoms with Gasteiger partial charge in [0.1, 0.15) is 0 Å². The van der Waals surface area contributed by atoms with Crippen molar-refractivity contribution in [2.24, 2.45) is 0 Å². The first-order valence-corrected chi connectivity index (χ1v) is 3.86. The van der Waals surface area contributed by atoms with Crippen molar-refractivity contribution in [1.29, 1.82) is 0 Å². The second-order valence-electron chi connectivity index (χ2n) is 2.22. The van der Waals surface area contributed by atoms with Crippen LogP contribution >= 0.6 is 11.6 Å². The van der Waals surface area contributed by atoms with E-state index in [2.05, 4.69) is 9.25 Å². The van der Waals surface area contributed by atoms with Gasteiger partial charge in [-0.15, -0.1) is 0 Å². The molecule has 0 atom stereocenters. The number of aliphatic carboxylic acids is 1. The molecule has 76 valence electrons. The van der Waals surface area contributed by atoms with Crippen molar-refractivity contribution >= 4 is 23.5 Å².